The van der Waals surface area contributed by atoms with E-state index in [4.69, 9.17) is 4.42 Å². The zero-order chi connectivity index (χ0) is 19.2. The number of hydrogen-bond donors (Lipinski definition) is 2. The summed E-state index contributed by atoms with van der Waals surface area (Å²) in [5, 5.41) is 15.9. The van der Waals surface area contributed by atoms with Gasteiger partial charge in [0.15, 0.2) is 5.13 Å². The Balaban J connectivity index is 1.26. The fraction of sp³-hybridized carbons (Fsp3) is 0.105. The lowest BCUT2D eigenvalue weighted by Gasteiger charge is -2.03. The molecule has 3 heterocycles. The zero-order valence-electron chi connectivity index (χ0n) is 14.7. The van der Waals surface area contributed by atoms with E-state index in [1.54, 1.807) is 12.4 Å². The number of carbonyl (C=O) groups excluding carboxylic acids is 1. The van der Waals surface area contributed by atoms with Gasteiger partial charge in [0, 0.05) is 41.9 Å². The third kappa shape index (κ3) is 4.38. The summed E-state index contributed by atoms with van der Waals surface area (Å²) in [6, 6.07) is 13.0. The maximum atomic E-state index is 12.0. The van der Waals surface area contributed by atoms with Crippen molar-refractivity contribution in [3.8, 4) is 22.7 Å². The highest BCUT2D eigenvalue weighted by Gasteiger charge is 2.10. The first-order valence-corrected chi connectivity index (χ1v) is 9.44. The highest BCUT2D eigenvalue weighted by atomic mass is 32.1. The number of nitrogens with one attached hydrogen (secondary N) is 2. The molecule has 4 aromatic rings. The van der Waals surface area contributed by atoms with Crippen LogP contribution < -0.4 is 10.6 Å². The van der Waals surface area contributed by atoms with Crippen molar-refractivity contribution in [2.24, 2.45) is 0 Å². The number of nitrogens with zero attached hydrogens (tertiary/aromatic N) is 4. The van der Waals surface area contributed by atoms with E-state index in [1.807, 2.05) is 47.8 Å². The molecule has 28 heavy (non-hydrogen) atoms. The number of aromatic nitrogens is 4. The van der Waals surface area contributed by atoms with Crippen LogP contribution in [-0.2, 0) is 6.42 Å². The molecule has 0 atom stereocenters. The summed E-state index contributed by atoms with van der Waals surface area (Å²) in [4.78, 5) is 20.5. The Kier molecular flexibility index (Phi) is 5.34. The fourth-order valence-electron chi connectivity index (χ4n) is 2.45. The number of anilines is 1. The van der Waals surface area contributed by atoms with Crippen LogP contribution in [-0.4, -0.2) is 32.7 Å². The fourth-order valence-corrected chi connectivity index (χ4v) is 3.17. The quantitative estimate of drug-likeness (QED) is 0.519. The highest BCUT2D eigenvalue weighted by molar-refractivity contribution is 7.14. The van der Waals surface area contributed by atoms with Gasteiger partial charge in [0.2, 0.25) is 11.8 Å². The van der Waals surface area contributed by atoms with Gasteiger partial charge in [0.05, 0.1) is 5.69 Å². The van der Waals surface area contributed by atoms with E-state index in [-0.39, 0.29) is 6.03 Å². The molecule has 0 radical (unpaired) electrons. The molecule has 1 aromatic carbocycles. The number of rotatable bonds is 6. The molecule has 0 bridgehead atoms. The van der Waals surface area contributed by atoms with Crippen molar-refractivity contribution in [1.29, 1.82) is 0 Å². The molecular formula is C19H16N6O2S. The minimum atomic E-state index is -0.338. The van der Waals surface area contributed by atoms with Crippen LogP contribution in [0.5, 0.6) is 0 Å². The van der Waals surface area contributed by atoms with Gasteiger partial charge in [-0.2, -0.15) is 0 Å². The Morgan fingerprint density at radius 2 is 1.93 bits per heavy atom. The Morgan fingerprint density at radius 1 is 1.07 bits per heavy atom. The van der Waals surface area contributed by atoms with Gasteiger partial charge in [-0.3, -0.25) is 10.3 Å². The molecule has 0 aliphatic rings. The summed E-state index contributed by atoms with van der Waals surface area (Å²) in [7, 11) is 0. The van der Waals surface area contributed by atoms with Crippen LogP contribution in [0.2, 0.25) is 0 Å². The van der Waals surface area contributed by atoms with Crippen LogP contribution in [0.15, 0.2) is 64.7 Å². The van der Waals surface area contributed by atoms with Gasteiger partial charge < -0.3 is 9.73 Å². The largest absolute Gasteiger partial charge is 0.421 e. The third-order valence-electron chi connectivity index (χ3n) is 3.79. The number of thiazole rings is 1. The molecule has 0 aliphatic heterocycles. The summed E-state index contributed by atoms with van der Waals surface area (Å²) in [6.07, 6.45) is 3.87. The Labute approximate surface area is 164 Å². The second kappa shape index (κ2) is 8.40. The van der Waals surface area contributed by atoms with Crippen molar-refractivity contribution < 1.29 is 9.21 Å². The van der Waals surface area contributed by atoms with Crippen molar-refractivity contribution in [3.63, 3.8) is 0 Å². The van der Waals surface area contributed by atoms with Gasteiger partial charge in [-0.05, 0) is 24.3 Å². The van der Waals surface area contributed by atoms with E-state index in [0.29, 0.717) is 29.9 Å². The maximum absolute atomic E-state index is 12.0. The van der Waals surface area contributed by atoms with E-state index in [2.05, 4.69) is 30.8 Å². The second-order valence-electron chi connectivity index (χ2n) is 5.78. The Hall–Kier alpha value is -3.59. The molecular weight excluding hydrogens is 376 g/mol. The number of hydrogen-bond acceptors (Lipinski definition) is 7. The molecule has 0 saturated carbocycles. The Morgan fingerprint density at radius 3 is 2.75 bits per heavy atom. The molecule has 4 rings (SSSR count). The van der Waals surface area contributed by atoms with Gasteiger partial charge in [-0.25, -0.2) is 9.78 Å². The molecule has 0 unspecified atom stereocenters. The van der Waals surface area contributed by atoms with Crippen molar-refractivity contribution in [1.82, 2.24) is 25.5 Å². The van der Waals surface area contributed by atoms with Crippen LogP contribution in [0.3, 0.4) is 0 Å². The van der Waals surface area contributed by atoms with Crippen molar-refractivity contribution in [2.75, 3.05) is 11.9 Å². The van der Waals surface area contributed by atoms with Crippen molar-refractivity contribution in [2.45, 2.75) is 6.42 Å². The highest BCUT2D eigenvalue weighted by Crippen LogP contribution is 2.23. The monoisotopic (exact) mass is 392 g/mol. The first kappa shape index (κ1) is 17.8. The van der Waals surface area contributed by atoms with Crippen LogP contribution in [0.4, 0.5) is 9.93 Å². The normalized spacial score (nSPS) is 10.6. The molecule has 0 saturated heterocycles. The SMILES string of the molecule is O=C(NCCc1nnc(-c2ccccc2)o1)Nc1nc(-c2cccnc2)cs1. The first-order chi connectivity index (χ1) is 13.8. The predicted molar refractivity (Wildman–Crippen MR) is 106 cm³/mol. The summed E-state index contributed by atoms with van der Waals surface area (Å²) in [5.74, 6) is 0.929. The lowest BCUT2D eigenvalue weighted by atomic mass is 10.2. The van der Waals surface area contributed by atoms with Crippen LogP contribution >= 0.6 is 11.3 Å². The third-order valence-corrected chi connectivity index (χ3v) is 4.55. The number of urea groups is 1. The first-order valence-electron chi connectivity index (χ1n) is 8.56. The smallest absolute Gasteiger partial charge is 0.321 e. The zero-order valence-corrected chi connectivity index (χ0v) is 15.5. The molecule has 0 spiro atoms. The molecule has 2 amide bonds. The van der Waals surface area contributed by atoms with Crippen LogP contribution in [0, 0.1) is 0 Å². The molecule has 0 fully saturated rings. The molecule has 8 nitrogen and oxygen atoms in total. The standard InChI is InChI=1S/C19H16N6O2S/c26-18(23-19-22-15(12-28-19)14-7-4-9-20-11-14)21-10-8-16-24-25-17(27-16)13-5-2-1-3-6-13/h1-7,9,11-12H,8,10H2,(H2,21,22,23,26). The lowest BCUT2D eigenvalue weighted by molar-refractivity contribution is 0.252. The second-order valence-corrected chi connectivity index (χ2v) is 6.64. The molecule has 140 valence electrons. The average molecular weight is 392 g/mol. The van der Waals surface area contributed by atoms with E-state index in [9.17, 15) is 4.79 Å². The number of benzene rings is 1. The van der Waals surface area contributed by atoms with Gasteiger partial charge in [0.1, 0.15) is 0 Å². The molecule has 9 heteroatoms. The van der Waals surface area contributed by atoms with Crippen LogP contribution in [0.25, 0.3) is 22.7 Å². The number of carbonyl (C=O) groups is 1. The summed E-state index contributed by atoms with van der Waals surface area (Å²) in [5.41, 5.74) is 2.53. The van der Waals surface area contributed by atoms with E-state index in [0.717, 1.165) is 16.8 Å². The average Bonchev–Trinajstić information content (AvgIpc) is 3.39. The number of amides is 2. The van der Waals surface area contributed by atoms with Crippen LogP contribution in [0.1, 0.15) is 5.89 Å². The van der Waals surface area contributed by atoms with E-state index in [1.165, 1.54) is 11.3 Å². The maximum Gasteiger partial charge on any atom is 0.321 e. The molecule has 2 N–H and O–H groups in total. The van der Waals surface area contributed by atoms with Gasteiger partial charge in [-0.15, -0.1) is 21.5 Å². The van der Waals surface area contributed by atoms with Gasteiger partial charge in [0.25, 0.3) is 0 Å². The summed E-state index contributed by atoms with van der Waals surface area (Å²) in [6.45, 7) is 0.364. The van der Waals surface area contributed by atoms with Gasteiger partial charge >= 0.3 is 6.03 Å². The van der Waals surface area contributed by atoms with E-state index < -0.39 is 0 Å². The van der Waals surface area contributed by atoms with Gasteiger partial charge in [-0.1, -0.05) is 18.2 Å². The predicted octanol–water partition coefficient (Wildman–Crippen LogP) is 3.62. The number of pyridine rings is 1. The lowest BCUT2D eigenvalue weighted by Crippen LogP contribution is -2.30. The summed E-state index contributed by atoms with van der Waals surface area (Å²) >= 11 is 1.35. The summed E-state index contributed by atoms with van der Waals surface area (Å²) < 4.78 is 5.61. The molecule has 0 aliphatic carbocycles. The Bertz CT molecular complexity index is 1050. The van der Waals surface area contributed by atoms with E-state index >= 15 is 0 Å². The minimum Gasteiger partial charge on any atom is -0.421 e. The van der Waals surface area contributed by atoms with Crippen molar-refractivity contribution in [3.05, 3.63) is 66.1 Å². The topological polar surface area (TPSA) is 106 Å². The minimum absolute atomic E-state index is 0.338. The molecule has 3 aromatic heterocycles. The van der Waals surface area contributed by atoms with Crippen molar-refractivity contribution >= 4 is 22.5 Å².